The number of hydrogen-bond acceptors (Lipinski definition) is 4. The molecule has 0 spiro atoms. The molecule has 2 fully saturated rings. The summed E-state index contributed by atoms with van der Waals surface area (Å²) in [5.74, 6) is 0.777. The molecule has 0 aromatic carbocycles. The molecule has 1 heterocycles. The van der Waals surface area contributed by atoms with E-state index in [9.17, 15) is 4.79 Å². The molecular formula is C14H19ClN4O. The largest absolute Gasteiger partial charge is 0.347 e. The van der Waals surface area contributed by atoms with Gasteiger partial charge in [0.1, 0.15) is 12.0 Å². The molecule has 108 valence electrons. The predicted octanol–water partition coefficient (Wildman–Crippen LogP) is 1.77. The van der Waals surface area contributed by atoms with E-state index in [4.69, 9.17) is 17.3 Å². The van der Waals surface area contributed by atoms with Gasteiger partial charge in [-0.15, -0.1) is 0 Å². The summed E-state index contributed by atoms with van der Waals surface area (Å²) >= 11 is 5.97. The van der Waals surface area contributed by atoms with Gasteiger partial charge in [0, 0.05) is 18.3 Å². The van der Waals surface area contributed by atoms with E-state index in [1.165, 1.54) is 18.9 Å². The molecule has 2 bridgehead atoms. The maximum atomic E-state index is 12.3. The van der Waals surface area contributed by atoms with Gasteiger partial charge >= 0.3 is 0 Å². The first-order chi connectivity index (χ1) is 9.65. The Kier molecular flexibility index (Phi) is 3.89. The van der Waals surface area contributed by atoms with Gasteiger partial charge in [-0.25, -0.2) is 9.97 Å². The predicted molar refractivity (Wildman–Crippen MR) is 76.3 cm³/mol. The van der Waals surface area contributed by atoms with Gasteiger partial charge in [-0.1, -0.05) is 18.0 Å². The number of nitrogens with one attached hydrogen (secondary N) is 1. The van der Waals surface area contributed by atoms with E-state index < -0.39 is 0 Å². The normalized spacial score (nSPS) is 32.7. The number of aromatic nitrogens is 2. The summed E-state index contributed by atoms with van der Waals surface area (Å²) in [6.07, 6.45) is 8.32. The molecule has 0 saturated heterocycles. The van der Waals surface area contributed by atoms with Gasteiger partial charge in [-0.2, -0.15) is 0 Å². The van der Waals surface area contributed by atoms with E-state index in [0.29, 0.717) is 16.9 Å². The van der Waals surface area contributed by atoms with Crippen LogP contribution in [-0.2, 0) is 0 Å². The standard InChI is InChI=1S/C14H19ClN4O/c15-11-6-17-7-18-13(11)14(20)19-12-8-2-1-3-9(12)5-10(16)4-8/h6-10,12H,1-5,16H2,(H,19,20). The van der Waals surface area contributed by atoms with Crippen molar-refractivity contribution in [3.05, 3.63) is 23.2 Å². The van der Waals surface area contributed by atoms with Crippen molar-refractivity contribution in [3.8, 4) is 0 Å². The first-order valence-electron chi connectivity index (χ1n) is 7.17. The molecule has 3 N–H and O–H groups in total. The van der Waals surface area contributed by atoms with Crippen LogP contribution in [0, 0.1) is 11.8 Å². The molecule has 6 heteroatoms. The van der Waals surface area contributed by atoms with Crippen molar-refractivity contribution in [3.63, 3.8) is 0 Å². The number of amides is 1. The molecule has 0 aliphatic heterocycles. The van der Waals surface area contributed by atoms with Crippen LogP contribution in [0.1, 0.15) is 42.6 Å². The third kappa shape index (κ3) is 2.65. The highest BCUT2D eigenvalue weighted by Gasteiger charge is 2.40. The number of hydrogen-bond donors (Lipinski definition) is 2. The van der Waals surface area contributed by atoms with Gasteiger partial charge in [0.25, 0.3) is 5.91 Å². The third-order valence-corrected chi connectivity index (χ3v) is 4.83. The molecule has 2 aliphatic rings. The van der Waals surface area contributed by atoms with Crippen molar-refractivity contribution in [2.24, 2.45) is 17.6 Å². The number of nitrogens with two attached hydrogens (primary N) is 1. The third-order valence-electron chi connectivity index (χ3n) is 4.56. The van der Waals surface area contributed by atoms with Gasteiger partial charge in [-0.3, -0.25) is 4.79 Å². The minimum atomic E-state index is -0.199. The lowest BCUT2D eigenvalue weighted by Gasteiger charge is -2.45. The van der Waals surface area contributed by atoms with Gasteiger partial charge < -0.3 is 11.1 Å². The van der Waals surface area contributed by atoms with Crippen molar-refractivity contribution in [2.75, 3.05) is 0 Å². The summed E-state index contributed by atoms with van der Waals surface area (Å²) in [4.78, 5) is 20.1. The molecule has 5 nitrogen and oxygen atoms in total. The highest BCUT2D eigenvalue weighted by Crippen LogP contribution is 2.39. The van der Waals surface area contributed by atoms with Gasteiger partial charge in [0.05, 0.1) is 5.02 Å². The van der Waals surface area contributed by atoms with Crippen LogP contribution in [0.2, 0.25) is 5.02 Å². The number of fused-ring (bicyclic) bond motifs is 2. The second-order valence-electron chi connectivity index (χ2n) is 5.90. The van der Waals surface area contributed by atoms with Crippen molar-refractivity contribution < 1.29 is 4.79 Å². The second-order valence-corrected chi connectivity index (χ2v) is 6.31. The van der Waals surface area contributed by atoms with E-state index in [2.05, 4.69) is 15.3 Å². The van der Waals surface area contributed by atoms with Gasteiger partial charge in [-0.05, 0) is 37.5 Å². The Labute approximate surface area is 123 Å². The summed E-state index contributed by atoms with van der Waals surface area (Å²) in [6.45, 7) is 0. The van der Waals surface area contributed by atoms with E-state index in [0.717, 1.165) is 25.7 Å². The molecule has 3 rings (SSSR count). The zero-order valence-electron chi connectivity index (χ0n) is 11.3. The first-order valence-corrected chi connectivity index (χ1v) is 7.55. The average molecular weight is 295 g/mol. The smallest absolute Gasteiger partial charge is 0.271 e. The molecule has 2 saturated carbocycles. The average Bonchev–Trinajstić information content (AvgIpc) is 2.40. The van der Waals surface area contributed by atoms with Crippen molar-refractivity contribution in [2.45, 2.75) is 44.2 Å². The topological polar surface area (TPSA) is 80.9 Å². The highest BCUT2D eigenvalue weighted by atomic mass is 35.5. The monoisotopic (exact) mass is 294 g/mol. The second kappa shape index (κ2) is 5.66. The van der Waals surface area contributed by atoms with Crippen LogP contribution in [0.15, 0.2) is 12.5 Å². The Bertz CT molecular complexity index is 496. The molecule has 2 unspecified atom stereocenters. The van der Waals surface area contributed by atoms with Crippen LogP contribution in [0.4, 0.5) is 0 Å². The summed E-state index contributed by atoms with van der Waals surface area (Å²) in [5.41, 5.74) is 6.36. The number of halogens is 1. The van der Waals surface area contributed by atoms with Crippen molar-refractivity contribution in [1.82, 2.24) is 15.3 Å². The Morgan fingerprint density at radius 2 is 2.05 bits per heavy atom. The quantitative estimate of drug-likeness (QED) is 0.871. The Morgan fingerprint density at radius 3 is 2.70 bits per heavy atom. The molecule has 2 atom stereocenters. The lowest BCUT2D eigenvalue weighted by Crippen LogP contribution is -2.53. The van der Waals surface area contributed by atoms with Crippen LogP contribution < -0.4 is 11.1 Å². The molecule has 1 aromatic rings. The zero-order chi connectivity index (χ0) is 14.1. The Morgan fingerprint density at radius 1 is 1.35 bits per heavy atom. The minimum absolute atomic E-state index is 0.199. The fraction of sp³-hybridized carbons (Fsp3) is 0.643. The fourth-order valence-corrected chi connectivity index (χ4v) is 3.92. The fourth-order valence-electron chi connectivity index (χ4n) is 3.72. The van der Waals surface area contributed by atoms with Crippen LogP contribution >= 0.6 is 11.6 Å². The zero-order valence-corrected chi connectivity index (χ0v) is 12.0. The highest BCUT2D eigenvalue weighted by molar-refractivity contribution is 6.33. The van der Waals surface area contributed by atoms with E-state index >= 15 is 0 Å². The number of rotatable bonds is 2. The van der Waals surface area contributed by atoms with Crippen LogP contribution in [0.5, 0.6) is 0 Å². The molecule has 20 heavy (non-hydrogen) atoms. The molecule has 0 radical (unpaired) electrons. The number of nitrogens with zero attached hydrogens (tertiary/aromatic N) is 2. The summed E-state index contributed by atoms with van der Waals surface area (Å²) in [5, 5.41) is 3.42. The summed E-state index contributed by atoms with van der Waals surface area (Å²) in [6, 6.07) is 0.489. The summed E-state index contributed by atoms with van der Waals surface area (Å²) in [7, 11) is 0. The van der Waals surface area contributed by atoms with Crippen molar-refractivity contribution >= 4 is 17.5 Å². The SMILES string of the molecule is NC1CC2CCCC(C1)C2NC(=O)c1ncncc1Cl. The molecule has 1 aromatic heterocycles. The molecule has 2 aliphatic carbocycles. The molecule has 1 amide bonds. The number of carbonyl (C=O) groups excluding carboxylic acids is 1. The maximum absolute atomic E-state index is 12.3. The van der Waals surface area contributed by atoms with Crippen LogP contribution in [-0.4, -0.2) is 28.0 Å². The minimum Gasteiger partial charge on any atom is -0.347 e. The Balaban J connectivity index is 1.74. The Hall–Kier alpha value is -1.20. The van der Waals surface area contributed by atoms with Gasteiger partial charge in [0.15, 0.2) is 0 Å². The van der Waals surface area contributed by atoms with E-state index in [1.54, 1.807) is 0 Å². The first kappa shape index (κ1) is 13.8. The van der Waals surface area contributed by atoms with E-state index in [-0.39, 0.29) is 23.7 Å². The maximum Gasteiger partial charge on any atom is 0.271 e. The molecular weight excluding hydrogens is 276 g/mol. The van der Waals surface area contributed by atoms with E-state index in [1.807, 2.05) is 0 Å². The lowest BCUT2D eigenvalue weighted by atomic mass is 9.67. The lowest BCUT2D eigenvalue weighted by molar-refractivity contribution is 0.0751. The van der Waals surface area contributed by atoms with Crippen LogP contribution in [0.25, 0.3) is 0 Å². The van der Waals surface area contributed by atoms with Crippen LogP contribution in [0.3, 0.4) is 0 Å². The van der Waals surface area contributed by atoms with Crippen molar-refractivity contribution in [1.29, 1.82) is 0 Å². The number of carbonyl (C=O) groups is 1. The summed E-state index contributed by atoms with van der Waals surface area (Å²) < 4.78 is 0. The van der Waals surface area contributed by atoms with Gasteiger partial charge in [0.2, 0.25) is 0 Å².